The number of ether oxygens (including phenoxy) is 3. The first kappa shape index (κ1) is 24.5. The second-order valence-electron chi connectivity index (χ2n) is 9.59. The molecule has 1 unspecified atom stereocenters. The lowest BCUT2D eigenvalue weighted by Crippen LogP contribution is -2.55. The molecule has 192 valence electrons. The van der Waals surface area contributed by atoms with E-state index in [0.717, 1.165) is 6.42 Å². The summed E-state index contributed by atoms with van der Waals surface area (Å²) in [7, 11) is 1.58. The summed E-state index contributed by atoms with van der Waals surface area (Å²) in [4.78, 5) is 44.5. The number of carbonyl (C=O) groups excluding carboxylic acids is 3. The van der Waals surface area contributed by atoms with E-state index in [1.807, 2.05) is 24.3 Å². The van der Waals surface area contributed by atoms with Gasteiger partial charge in [0.1, 0.15) is 23.3 Å². The van der Waals surface area contributed by atoms with Crippen molar-refractivity contribution >= 4 is 23.5 Å². The fourth-order valence-corrected chi connectivity index (χ4v) is 5.88. The number of rotatable bonds is 6. The Balaban J connectivity index is 1.57. The molecule has 9 heteroatoms. The molecule has 4 aliphatic heterocycles. The van der Waals surface area contributed by atoms with Gasteiger partial charge in [-0.3, -0.25) is 14.4 Å². The largest absolute Gasteiger partial charge is 0.497 e. The fourth-order valence-electron chi connectivity index (χ4n) is 5.88. The van der Waals surface area contributed by atoms with Gasteiger partial charge in [-0.05, 0) is 49.9 Å². The van der Waals surface area contributed by atoms with Crippen molar-refractivity contribution in [1.29, 1.82) is 0 Å². The Bertz CT molecular complexity index is 1070. The van der Waals surface area contributed by atoms with Gasteiger partial charge in [-0.25, -0.2) is 0 Å². The molecule has 4 aliphatic rings. The molecule has 0 aliphatic carbocycles. The maximum Gasteiger partial charge on any atom is 0.312 e. The first-order valence-corrected chi connectivity index (χ1v) is 12.6. The maximum atomic E-state index is 14.2. The van der Waals surface area contributed by atoms with Gasteiger partial charge in [-0.1, -0.05) is 24.3 Å². The molecule has 5 rings (SSSR count). The number of aliphatic hydroxyl groups excluding tert-OH is 1. The molecule has 2 saturated heterocycles. The van der Waals surface area contributed by atoms with E-state index >= 15 is 0 Å². The third-order valence-corrected chi connectivity index (χ3v) is 7.54. The Morgan fingerprint density at radius 1 is 1.11 bits per heavy atom. The summed E-state index contributed by atoms with van der Waals surface area (Å²) in [5, 5.41) is 9.31. The van der Waals surface area contributed by atoms with Crippen molar-refractivity contribution in [1.82, 2.24) is 4.90 Å². The summed E-state index contributed by atoms with van der Waals surface area (Å²) < 4.78 is 17.3. The van der Waals surface area contributed by atoms with E-state index in [4.69, 9.17) is 14.2 Å². The molecule has 5 atom stereocenters. The Kier molecular flexibility index (Phi) is 6.85. The normalized spacial score (nSPS) is 32.6. The predicted molar refractivity (Wildman–Crippen MR) is 130 cm³/mol. The van der Waals surface area contributed by atoms with Gasteiger partial charge in [0.15, 0.2) is 0 Å². The summed E-state index contributed by atoms with van der Waals surface area (Å²) in [6.07, 6.45) is 9.28. The molecular formula is C27H32N2O7. The number of methoxy groups -OCH3 is 1. The van der Waals surface area contributed by atoms with Crippen LogP contribution in [0.4, 0.5) is 5.69 Å². The number of amides is 2. The second-order valence-corrected chi connectivity index (χ2v) is 9.59. The first-order chi connectivity index (χ1) is 17.5. The third kappa shape index (κ3) is 4.00. The summed E-state index contributed by atoms with van der Waals surface area (Å²) in [6.45, 7) is 0.854. The minimum absolute atomic E-state index is 0.00852. The number of likely N-dealkylation sites (tertiary alicyclic amines) is 1. The highest BCUT2D eigenvalue weighted by molar-refractivity contribution is 6.05. The average Bonchev–Trinajstić information content (AvgIpc) is 3.29. The molecule has 0 aromatic heterocycles. The van der Waals surface area contributed by atoms with E-state index in [1.54, 1.807) is 41.2 Å². The van der Waals surface area contributed by atoms with Crippen LogP contribution in [0, 0.1) is 11.8 Å². The number of nitrogens with zero attached hydrogens (tertiary/aromatic N) is 2. The number of carbonyl (C=O) groups is 3. The van der Waals surface area contributed by atoms with Gasteiger partial charge in [0.2, 0.25) is 5.91 Å². The second kappa shape index (κ2) is 10.1. The Labute approximate surface area is 210 Å². The minimum atomic E-state index is -1.29. The minimum Gasteiger partial charge on any atom is -0.497 e. The number of anilines is 1. The van der Waals surface area contributed by atoms with Crippen molar-refractivity contribution in [3.63, 3.8) is 0 Å². The zero-order valence-electron chi connectivity index (χ0n) is 20.4. The number of cyclic esters (lactones) is 1. The monoisotopic (exact) mass is 496 g/mol. The number of esters is 1. The highest BCUT2D eigenvalue weighted by Crippen LogP contribution is 2.53. The lowest BCUT2D eigenvalue weighted by atomic mass is 9.78. The van der Waals surface area contributed by atoms with Crippen molar-refractivity contribution in [3.8, 4) is 5.75 Å². The van der Waals surface area contributed by atoms with Gasteiger partial charge in [-0.2, -0.15) is 0 Å². The number of hydrogen-bond donors (Lipinski definition) is 1. The van der Waals surface area contributed by atoms with Crippen LogP contribution in [0.2, 0.25) is 0 Å². The molecule has 4 heterocycles. The summed E-state index contributed by atoms with van der Waals surface area (Å²) in [5.41, 5.74) is -0.611. The van der Waals surface area contributed by atoms with Gasteiger partial charge < -0.3 is 29.1 Å². The van der Waals surface area contributed by atoms with Crippen LogP contribution in [0.5, 0.6) is 5.75 Å². The van der Waals surface area contributed by atoms with Crippen LogP contribution in [-0.2, 0) is 23.9 Å². The molecule has 2 amide bonds. The summed E-state index contributed by atoms with van der Waals surface area (Å²) >= 11 is 0. The zero-order valence-corrected chi connectivity index (χ0v) is 20.4. The van der Waals surface area contributed by atoms with E-state index in [0.29, 0.717) is 37.2 Å². The number of allylic oxidation sites excluding steroid dienone is 1. The quantitative estimate of drug-likeness (QED) is 0.364. The van der Waals surface area contributed by atoms with Crippen molar-refractivity contribution in [2.75, 3.05) is 38.3 Å². The number of benzene rings is 1. The number of fused-ring (bicyclic) bond motifs is 2. The molecule has 2 fully saturated rings. The molecule has 1 aromatic carbocycles. The number of hydrogen-bond acceptors (Lipinski definition) is 7. The van der Waals surface area contributed by atoms with Crippen molar-refractivity contribution in [2.24, 2.45) is 11.8 Å². The first-order valence-electron chi connectivity index (χ1n) is 12.6. The molecule has 1 aromatic rings. The summed E-state index contributed by atoms with van der Waals surface area (Å²) in [5.74, 6) is -2.05. The highest BCUT2D eigenvalue weighted by Gasteiger charge is 2.71. The molecule has 1 N–H and O–H groups in total. The van der Waals surface area contributed by atoms with E-state index in [1.165, 1.54) is 0 Å². The zero-order chi connectivity index (χ0) is 25.3. The SMILES string of the molecule is COc1ccc(N2CC=C[C@]34O[C@@H]5/C=C\CCCOC(=O)[C@@H]5[C@H]3C(=O)N(CCCCO)C4C2=O)cc1. The van der Waals surface area contributed by atoms with E-state index in [9.17, 15) is 19.5 Å². The van der Waals surface area contributed by atoms with Crippen molar-refractivity contribution in [3.05, 3.63) is 48.6 Å². The lowest BCUT2D eigenvalue weighted by Gasteiger charge is -2.35. The van der Waals surface area contributed by atoms with Gasteiger partial charge in [0.05, 0.1) is 25.7 Å². The van der Waals surface area contributed by atoms with Gasteiger partial charge in [-0.15, -0.1) is 0 Å². The Morgan fingerprint density at radius 2 is 1.92 bits per heavy atom. The smallest absolute Gasteiger partial charge is 0.312 e. The Hall–Kier alpha value is -3.17. The van der Waals surface area contributed by atoms with Crippen molar-refractivity contribution in [2.45, 2.75) is 43.4 Å². The molecule has 9 nitrogen and oxygen atoms in total. The molecular weight excluding hydrogens is 464 g/mol. The van der Waals surface area contributed by atoms with Crippen LogP contribution < -0.4 is 9.64 Å². The summed E-state index contributed by atoms with van der Waals surface area (Å²) in [6, 6.07) is 6.24. The van der Waals surface area contributed by atoms with Crippen LogP contribution in [-0.4, -0.2) is 79.0 Å². The highest BCUT2D eigenvalue weighted by atomic mass is 16.6. The van der Waals surface area contributed by atoms with Gasteiger partial charge >= 0.3 is 5.97 Å². The van der Waals surface area contributed by atoms with Crippen LogP contribution in [0.1, 0.15) is 25.7 Å². The molecule has 0 saturated carbocycles. The van der Waals surface area contributed by atoms with Crippen LogP contribution in [0.15, 0.2) is 48.6 Å². The number of unbranched alkanes of at least 4 members (excludes halogenated alkanes) is 1. The average molecular weight is 497 g/mol. The van der Waals surface area contributed by atoms with Gasteiger partial charge in [0.25, 0.3) is 5.91 Å². The standard InChI is InChI=1S/C27H32N2O7/c1-34-19-11-9-18(10-12-19)28-15-7-13-27-22(21-20(36-27)8-3-2-6-17-35-26(21)33)24(31)29(14-4-5-16-30)23(27)25(28)32/h3,7-13,20-23,30H,2,4-6,14-17H2,1H3/b8-3-/t20-,21+,22+,23?,27+/m1/s1. The molecule has 1 spiro atoms. The molecule has 36 heavy (non-hydrogen) atoms. The van der Waals surface area contributed by atoms with Gasteiger partial charge in [0, 0.05) is 25.4 Å². The lowest BCUT2D eigenvalue weighted by molar-refractivity contribution is -0.154. The fraction of sp³-hybridized carbons (Fsp3) is 0.519. The topological polar surface area (TPSA) is 106 Å². The van der Waals surface area contributed by atoms with Crippen molar-refractivity contribution < 1.29 is 33.7 Å². The molecule has 0 radical (unpaired) electrons. The van der Waals surface area contributed by atoms with E-state index in [2.05, 4.69) is 0 Å². The van der Waals surface area contributed by atoms with E-state index < -0.39 is 35.6 Å². The third-order valence-electron chi connectivity index (χ3n) is 7.54. The van der Waals surface area contributed by atoms with Crippen LogP contribution in [0.3, 0.4) is 0 Å². The number of aliphatic hydroxyl groups is 1. The Morgan fingerprint density at radius 3 is 2.67 bits per heavy atom. The van der Waals surface area contributed by atoms with E-state index in [-0.39, 0.29) is 31.6 Å². The maximum absolute atomic E-state index is 14.2. The predicted octanol–water partition coefficient (Wildman–Crippen LogP) is 1.84. The molecule has 0 bridgehead atoms. The van der Waals surface area contributed by atoms with Crippen LogP contribution in [0.25, 0.3) is 0 Å². The van der Waals surface area contributed by atoms with Crippen LogP contribution >= 0.6 is 0 Å².